The molecule has 3 rings (SSSR count). The van der Waals surface area contributed by atoms with Gasteiger partial charge < -0.3 is 20.1 Å². The number of aromatic nitrogens is 1. The Hall–Kier alpha value is -3.61. The Morgan fingerprint density at radius 2 is 1.77 bits per heavy atom. The first-order valence-electron chi connectivity index (χ1n) is 9.62. The molecule has 7 heteroatoms. The molecule has 0 spiro atoms. The van der Waals surface area contributed by atoms with E-state index in [0.29, 0.717) is 30.7 Å². The zero-order valence-electron chi connectivity index (χ0n) is 17.1. The molecule has 6 nitrogen and oxygen atoms in total. The number of methoxy groups -OCH3 is 1. The lowest BCUT2D eigenvalue weighted by molar-refractivity contribution is 0.407. The van der Waals surface area contributed by atoms with Crippen LogP contribution >= 0.6 is 0 Å². The van der Waals surface area contributed by atoms with E-state index in [2.05, 4.69) is 20.6 Å². The smallest absolute Gasteiger partial charge is 0.219 e. The average Bonchev–Trinajstić information content (AvgIpc) is 2.78. The van der Waals surface area contributed by atoms with Gasteiger partial charge in [0, 0.05) is 38.5 Å². The van der Waals surface area contributed by atoms with Crippen LogP contribution in [0.3, 0.4) is 0 Å². The van der Waals surface area contributed by atoms with Crippen molar-refractivity contribution in [2.45, 2.75) is 13.0 Å². The maximum absolute atomic E-state index is 13.0. The molecule has 156 valence electrons. The van der Waals surface area contributed by atoms with Crippen molar-refractivity contribution in [1.82, 2.24) is 15.6 Å². The lowest BCUT2D eigenvalue weighted by Gasteiger charge is -2.12. The number of benzene rings is 2. The number of nitrogens with zero attached hydrogens (tertiary/aromatic N) is 2. The highest BCUT2D eigenvalue weighted by Crippen LogP contribution is 2.23. The zero-order chi connectivity index (χ0) is 21.2. The maximum Gasteiger partial charge on any atom is 0.219 e. The highest BCUT2D eigenvalue weighted by molar-refractivity contribution is 5.79. The van der Waals surface area contributed by atoms with E-state index in [-0.39, 0.29) is 5.82 Å². The Morgan fingerprint density at radius 3 is 2.47 bits per heavy atom. The van der Waals surface area contributed by atoms with Crippen molar-refractivity contribution in [3.05, 3.63) is 83.8 Å². The zero-order valence-corrected chi connectivity index (χ0v) is 17.1. The van der Waals surface area contributed by atoms with Gasteiger partial charge in [0.1, 0.15) is 17.3 Å². The molecule has 2 aromatic carbocycles. The van der Waals surface area contributed by atoms with Gasteiger partial charge >= 0.3 is 0 Å². The minimum Gasteiger partial charge on any atom is -0.497 e. The third kappa shape index (κ3) is 6.48. The fourth-order valence-corrected chi connectivity index (χ4v) is 2.74. The van der Waals surface area contributed by atoms with Gasteiger partial charge in [-0.2, -0.15) is 0 Å². The molecule has 0 aliphatic heterocycles. The summed E-state index contributed by atoms with van der Waals surface area (Å²) >= 11 is 0. The second-order valence-electron chi connectivity index (χ2n) is 6.51. The van der Waals surface area contributed by atoms with E-state index < -0.39 is 0 Å². The van der Waals surface area contributed by atoms with Gasteiger partial charge in [-0.15, -0.1) is 0 Å². The lowest BCUT2D eigenvalue weighted by atomic mass is 10.1. The highest BCUT2D eigenvalue weighted by atomic mass is 19.1. The van der Waals surface area contributed by atoms with Crippen LogP contribution in [0.5, 0.6) is 17.4 Å². The highest BCUT2D eigenvalue weighted by Gasteiger charge is 2.03. The van der Waals surface area contributed by atoms with Crippen LogP contribution < -0.4 is 20.1 Å². The van der Waals surface area contributed by atoms with Gasteiger partial charge in [-0.3, -0.25) is 4.99 Å². The van der Waals surface area contributed by atoms with Crippen LogP contribution in [0, 0.1) is 5.82 Å². The topological polar surface area (TPSA) is 67.8 Å². The molecule has 0 radical (unpaired) electrons. The molecule has 0 bridgehead atoms. The standard InChI is InChI=1S/C23H25FN4O2/c1-25-23(26-13-12-17-6-9-19(24)10-7-17)28-16-18-8-11-22(27-15-18)30-21-5-3-4-20(14-21)29-2/h3-11,14-15H,12-13,16H2,1-2H3,(H2,25,26,28). The number of hydrogen-bond donors (Lipinski definition) is 2. The fourth-order valence-electron chi connectivity index (χ4n) is 2.74. The summed E-state index contributed by atoms with van der Waals surface area (Å²) in [6.07, 6.45) is 2.53. The third-order valence-electron chi connectivity index (χ3n) is 4.36. The van der Waals surface area contributed by atoms with Gasteiger partial charge in [0.25, 0.3) is 0 Å². The number of hydrogen-bond acceptors (Lipinski definition) is 4. The summed E-state index contributed by atoms with van der Waals surface area (Å²) in [4.78, 5) is 8.56. The Labute approximate surface area is 175 Å². The first kappa shape index (κ1) is 21.1. The van der Waals surface area contributed by atoms with Crippen LogP contribution in [-0.2, 0) is 13.0 Å². The number of guanidine groups is 1. The molecule has 0 amide bonds. The van der Waals surface area contributed by atoms with Crippen molar-refractivity contribution in [3.63, 3.8) is 0 Å². The molecule has 1 aromatic heterocycles. The van der Waals surface area contributed by atoms with Crippen LogP contribution in [0.25, 0.3) is 0 Å². The summed E-state index contributed by atoms with van der Waals surface area (Å²) < 4.78 is 23.9. The molecule has 30 heavy (non-hydrogen) atoms. The van der Waals surface area contributed by atoms with E-state index in [9.17, 15) is 4.39 Å². The van der Waals surface area contributed by atoms with Gasteiger partial charge in [0.2, 0.25) is 5.88 Å². The Kier molecular flexibility index (Phi) is 7.60. The molecule has 3 aromatic rings. The Morgan fingerprint density at radius 1 is 1.00 bits per heavy atom. The van der Waals surface area contributed by atoms with Gasteiger partial charge in [-0.05, 0) is 41.8 Å². The van der Waals surface area contributed by atoms with Crippen molar-refractivity contribution in [2.75, 3.05) is 20.7 Å². The van der Waals surface area contributed by atoms with Gasteiger partial charge in [-0.1, -0.05) is 24.3 Å². The van der Waals surface area contributed by atoms with E-state index in [0.717, 1.165) is 23.3 Å². The number of aliphatic imine (C=N–C) groups is 1. The summed E-state index contributed by atoms with van der Waals surface area (Å²) in [5.74, 6) is 2.37. The molecule has 0 saturated carbocycles. The van der Waals surface area contributed by atoms with E-state index in [1.807, 2.05) is 30.3 Å². The van der Waals surface area contributed by atoms with Crippen LogP contribution in [0.2, 0.25) is 0 Å². The molecule has 0 aliphatic carbocycles. The molecule has 0 unspecified atom stereocenters. The van der Waals surface area contributed by atoms with Crippen LogP contribution in [0.1, 0.15) is 11.1 Å². The monoisotopic (exact) mass is 408 g/mol. The number of nitrogens with one attached hydrogen (secondary N) is 2. The van der Waals surface area contributed by atoms with E-state index in [1.165, 1.54) is 12.1 Å². The molecular weight excluding hydrogens is 383 g/mol. The van der Waals surface area contributed by atoms with Crippen molar-refractivity contribution in [3.8, 4) is 17.4 Å². The molecule has 1 heterocycles. The second kappa shape index (κ2) is 10.8. The first-order chi connectivity index (χ1) is 14.7. The first-order valence-corrected chi connectivity index (χ1v) is 9.62. The summed E-state index contributed by atoms with van der Waals surface area (Å²) in [7, 11) is 3.33. The Balaban J connectivity index is 1.45. The average molecular weight is 408 g/mol. The minimum atomic E-state index is -0.224. The molecular formula is C23H25FN4O2. The normalized spacial score (nSPS) is 11.1. The Bertz CT molecular complexity index is 960. The van der Waals surface area contributed by atoms with E-state index in [1.54, 1.807) is 38.6 Å². The quantitative estimate of drug-likeness (QED) is 0.437. The van der Waals surface area contributed by atoms with Crippen molar-refractivity contribution < 1.29 is 13.9 Å². The molecule has 0 saturated heterocycles. The predicted octanol–water partition coefficient (Wildman–Crippen LogP) is 3.93. The minimum absolute atomic E-state index is 0.224. The predicted molar refractivity (Wildman–Crippen MR) is 116 cm³/mol. The summed E-state index contributed by atoms with van der Waals surface area (Å²) in [6, 6.07) is 17.6. The summed E-state index contributed by atoms with van der Waals surface area (Å²) in [6.45, 7) is 1.26. The number of halogens is 1. The SMILES string of the molecule is CN=C(NCCc1ccc(F)cc1)NCc1ccc(Oc2cccc(OC)c2)nc1. The summed E-state index contributed by atoms with van der Waals surface area (Å²) in [5, 5.41) is 6.49. The van der Waals surface area contributed by atoms with E-state index in [4.69, 9.17) is 9.47 Å². The molecule has 2 N–H and O–H groups in total. The van der Waals surface area contributed by atoms with Crippen LogP contribution in [0.4, 0.5) is 4.39 Å². The second-order valence-corrected chi connectivity index (χ2v) is 6.51. The third-order valence-corrected chi connectivity index (χ3v) is 4.36. The van der Waals surface area contributed by atoms with Crippen molar-refractivity contribution in [1.29, 1.82) is 0 Å². The van der Waals surface area contributed by atoms with Gasteiger partial charge in [0.05, 0.1) is 7.11 Å². The summed E-state index contributed by atoms with van der Waals surface area (Å²) in [5.41, 5.74) is 2.06. The molecule has 0 atom stereocenters. The van der Waals surface area contributed by atoms with Crippen molar-refractivity contribution in [2.24, 2.45) is 4.99 Å². The van der Waals surface area contributed by atoms with Gasteiger partial charge in [-0.25, -0.2) is 9.37 Å². The van der Waals surface area contributed by atoms with Crippen LogP contribution in [-0.4, -0.2) is 31.6 Å². The molecule has 0 fully saturated rings. The largest absolute Gasteiger partial charge is 0.497 e. The van der Waals surface area contributed by atoms with Crippen LogP contribution in [0.15, 0.2) is 71.9 Å². The number of ether oxygens (including phenoxy) is 2. The number of pyridine rings is 1. The fraction of sp³-hybridized carbons (Fsp3) is 0.217. The van der Waals surface area contributed by atoms with Gasteiger partial charge in [0.15, 0.2) is 5.96 Å². The maximum atomic E-state index is 13.0. The van der Waals surface area contributed by atoms with E-state index >= 15 is 0 Å². The lowest BCUT2D eigenvalue weighted by Crippen LogP contribution is -2.37. The van der Waals surface area contributed by atoms with Crippen molar-refractivity contribution >= 4 is 5.96 Å². The molecule has 0 aliphatic rings. The number of rotatable bonds is 8.